The van der Waals surface area contributed by atoms with E-state index < -0.39 is 21.8 Å². The number of allylic oxidation sites excluding steroid dienone is 4. The van der Waals surface area contributed by atoms with Crippen molar-refractivity contribution in [2.45, 2.75) is 30.2 Å². The molecule has 158 valence electrons. The standard InChI is InChI=1S/C21H23FN4O3S/c1-26-14-21(24-15-26)30(27,28)25-9-10-29-18-7-8-20(22)19(12-18)17(13-23)11-16-5-3-2-4-6-16/h3,5-8,12,14-15,17,25H,2,4,9-11H2,1H3. The van der Waals surface area contributed by atoms with Gasteiger partial charge in [0.25, 0.3) is 10.0 Å². The van der Waals surface area contributed by atoms with Crippen molar-refractivity contribution in [3.63, 3.8) is 0 Å². The van der Waals surface area contributed by atoms with Crippen molar-refractivity contribution < 1.29 is 17.5 Å². The molecule has 7 nitrogen and oxygen atoms in total. The van der Waals surface area contributed by atoms with Gasteiger partial charge in [0.2, 0.25) is 0 Å². The van der Waals surface area contributed by atoms with Gasteiger partial charge in [0.15, 0.2) is 5.03 Å². The maximum Gasteiger partial charge on any atom is 0.259 e. The number of nitriles is 1. The molecule has 0 spiro atoms. The Morgan fingerprint density at radius 1 is 1.40 bits per heavy atom. The molecule has 1 aliphatic carbocycles. The maximum absolute atomic E-state index is 14.4. The van der Waals surface area contributed by atoms with Gasteiger partial charge in [0.1, 0.15) is 18.2 Å². The first-order valence-electron chi connectivity index (χ1n) is 9.54. The summed E-state index contributed by atoms with van der Waals surface area (Å²) in [7, 11) is -2.04. The van der Waals surface area contributed by atoms with E-state index in [1.807, 2.05) is 12.2 Å². The number of ether oxygens (including phenoxy) is 1. The number of aromatic nitrogens is 2. The third-order valence-corrected chi connectivity index (χ3v) is 5.98. The summed E-state index contributed by atoms with van der Waals surface area (Å²) in [5.74, 6) is -0.729. The molecule has 1 N–H and O–H groups in total. The zero-order chi connectivity index (χ0) is 21.6. The number of halogens is 1. The van der Waals surface area contributed by atoms with Gasteiger partial charge in [-0.2, -0.15) is 5.26 Å². The first-order valence-corrected chi connectivity index (χ1v) is 11.0. The molecule has 0 aliphatic heterocycles. The van der Waals surface area contributed by atoms with Crippen LogP contribution in [0.2, 0.25) is 0 Å². The van der Waals surface area contributed by atoms with Gasteiger partial charge in [-0.25, -0.2) is 22.5 Å². The van der Waals surface area contributed by atoms with Gasteiger partial charge in [-0.1, -0.05) is 23.8 Å². The molecule has 2 aromatic rings. The summed E-state index contributed by atoms with van der Waals surface area (Å²) in [6, 6.07) is 6.39. The second-order valence-electron chi connectivity index (χ2n) is 6.95. The van der Waals surface area contributed by atoms with Gasteiger partial charge in [-0.3, -0.25) is 0 Å². The summed E-state index contributed by atoms with van der Waals surface area (Å²) in [5, 5.41) is 9.47. The van der Waals surface area contributed by atoms with Gasteiger partial charge >= 0.3 is 0 Å². The quantitative estimate of drug-likeness (QED) is 0.616. The lowest BCUT2D eigenvalue weighted by atomic mass is 9.90. The highest BCUT2D eigenvalue weighted by Gasteiger charge is 2.19. The van der Waals surface area contributed by atoms with Gasteiger partial charge < -0.3 is 9.30 Å². The summed E-state index contributed by atoms with van der Waals surface area (Å²) < 4.78 is 48.1. The smallest absolute Gasteiger partial charge is 0.259 e. The number of benzene rings is 1. The lowest BCUT2D eigenvalue weighted by Gasteiger charge is -2.15. The Labute approximate surface area is 175 Å². The highest BCUT2D eigenvalue weighted by atomic mass is 32.2. The Balaban J connectivity index is 1.60. The van der Waals surface area contributed by atoms with Crippen molar-refractivity contribution in [3.8, 4) is 11.8 Å². The van der Waals surface area contributed by atoms with Crippen molar-refractivity contribution >= 4 is 10.0 Å². The van der Waals surface area contributed by atoms with Gasteiger partial charge in [0.05, 0.1) is 18.3 Å². The lowest BCUT2D eigenvalue weighted by Crippen LogP contribution is -2.28. The Morgan fingerprint density at radius 2 is 2.23 bits per heavy atom. The molecule has 1 atom stereocenters. The molecule has 1 unspecified atom stereocenters. The number of nitrogens with zero attached hydrogens (tertiary/aromatic N) is 3. The number of imidazole rings is 1. The Kier molecular flexibility index (Phi) is 7.03. The minimum atomic E-state index is -3.72. The predicted octanol–water partition coefficient (Wildman–Crippen LogP) is 3.19. The summed E-state index contributed by atoms with van der Waals surface area (Å²) in [5.41, 5.74) is 1.28. The van der Waals surface area contributed by atoms with Crippen molar-refractivity contribution in [1.29, 1.82) is 5.26 Å². The van der Waals surface area contributed by atoms with E-state index in [2.05, 4.69) is 21.9 Å². The summed E-state index contributed by atoms with van der Waals surface area (Å²) in [6.07, 6.45) is 11.2. The van der Waals surface area contributed by atoms with Crippen molar-refractivity contribution in [1.82, 2.24) is 14.3 Å². The Bertz CT molecular complexity index is 1100. The molecule has 0 bridgehead atoms. The fraction of sp³-hybridized carbons (Fsp3) is 0.333. The number of hydrogen-bond donors (Lipinski definition) is 1. The van der Waals surface area contributed by atoms with Crippen LogP contribution < -0.4 is 9.46 Å². The molecular formula is C21H23FN4O3S. The Morgan fingerprint density at radius 3 is 2.90 bits per heavy atom. The normalized spacial score (nSPS) is 14.8. The van der Waals surface area contributed by atoms with E-state index in [-0.39, 0.29) is 23.7 Å². The van der Waals surface area contributed by atoms with Crippen LogP contribution in [0.4, 0.5) is 4.39 Å². The first-order chi connectivity index (χ1) is 14.4. The third kappa shape index (κ3) is 5.55. The molecule has 0 radical (unpaired) electrons. The molecule has 0 amide bonds. The minimum absolute atomic E-state index is 0.0188. The second kappa shape index (κ2) is 9.69. The fourth-order valence-electron chi connectivity index (χ4n) is 3.11. The van der Waals surface area contributed by atoms with Crippen LogP contribution in [0.3, 0.4) is 0 Å². The molecule has 30 heavy (non-hydrogen) atoms. The van der Waals surface area contributed by atoms with Crippen molar-refractivity contribution in [2.75, 3.05) is 13.2 Å². The number of rotatable bonds is 9. The van der Waals surface area contributed by atoms with E-state index >= 15 is 0 Å². The molecule has 1 aromatic heterocycles. The van der Waals surface area contributed by atoms with Crippen LogP contribution in [0, 0.1) is 17.1 Å². The number of hydrogen-bond acceptors (Lipinski definition) is 5. The van der Waals surface area contributed by atoms with Crippen LogP contribution >= 0.6 is 0 Å². The monoisotopic (exact) mass is 430 g/mol. The molecule has 1 aromatic carbocycles. The zero-order valence-electron chi connectivity index (χ0n) is 16.6. The van der Waals surface area contributed by atoms with Gasteiger partial charge in [-0.15, -0.1) is 0 Å². The highest BCUT2D eigenvalue weighted by Crippen LogP contribution is 2.30. The van der Waals surface area contributed by atoms with E-state index in [1.54, 1.807) is 7.05 Å². The van der Waals surface area contributed by atoms with Crippen LogP contribution in [0.1, 0.15) is 30.7 Å². The zero-order valence-corrected chi connectivity index (χ0v) is 17.4. The summed E-state index contributed by atoms with van der Waals surface area (Å²) in [6.45, 7) is 0.0627. The predicted molar refractivity (Wildman–Crippen MR) is 110 cm³/mol. The molecule has 1 heterocycles. The summed E-state index contributed by atoms with van der Waals surface area (Å²) >= 11 is 0. The highest BCUT2D eigenvalue weighted by molar-refractivity contribution is 7.89. The van der Waals surface area contributed by atoms with E-state index in [0.717, 1.165) is 18.4 Å². The molecule has 0 saturated heterocycles. The first kappa shape index (κ1) is 21.7. The van der Waals surface area contributed by atoms with Crippen molar-refractivity contribution in [3.05, 3.63) is 65.9 Å². The largest absolute Gasteiger partial charge is 0.492 e. The van der Waals surface area contributed by atoms with Crippen molar-refractivity contribution in [2.24, 2.45) is 7.05 Å². The molecule has 3 rings (SSSR count). The van der Waals surface area contributed by atoms with Crippen LogP contribution in [-0.2, 0) is 17.1 Å². The van der Waals surface area contributed by atoms with E-state index in [9.17, 15) is 18.1 Å². The van der Waals surface area contributed by atoms with Crippen LogP contribution in [0.25, 0.3) is 0 Å². The fourth-order valence-corrected chi connectivity index (χ4v) is 4.10. The van der Waals surface area contributed by atoms with Crippen LogP contribution in [-0.4, -0.2) is 31.1 Å². The van der Waals surface area contributed by atoms with Gasteiger partial charge in [0, 0.05) is 25.4 Å². The molecule has 9 heteroatoms. The average molecular weight is 431 g/mol. The van der Waals surface area contributed by atoms with E-state index in [4.69, 9.17) is 4.74 Å². The minimum Gasteiger partial charge on any atom is -0.492 e. The second-order valence-corrected chi connectivity index (χ2v) is 8.67. The number of sulfonamides is 1. The third-order valence-electron chi connectivity index (χ3n) is 4.63. The average Bonchev–Trinajstić information content (AvgIpc) is 3.19. The van der Waals surface area contributed by atoms with E-state index in [1.165, 1.54) is 35.3 Å². The maximum atomic E-state index is 14.4. The summed E-state index contributed by atoms with van der Waals surface area (Å²) in [4.78, 5) is 3.81. The SMILES string of the molecule is Cn1cnc(S(=O)(=O)NCCOc2ccc(F)c(C(C#N)CC3=CCCC=C3)c2)c1. The molecule has 1 aliphatic rings. The van der Waals surface area contributed by atoms with Crippen LogP contribution in [0.5, 0.6) is 5.75 Å². The number of aryl methyl sites for hydroxylation is 1. The van der Waals surface area contributed by atoms with Gasteiger partial charge in [-0.05, 0) is 37.5 Å². The molecule has 0 saturated carbocycles. The van der Waals surface area contributed by atoms with Crippen LogP contribution in [0.15, 0.2) is 59.6 Å². The Hall–Kier alpha value is -2.96. The lowest BCUT2D eigenvalue weighted by molar-refractivity contribution is 0.321. The topological polar surface area (TPSA) is 97.0 Å². The van der Waals surface area contributed by atoms with E-state index in [0.29, 0.717) is 12.2 Å². The molecule has 0 fully saturated rings. The number of nitrogens with one attached hydrogen (secondary N) is 1. The molecular weight excluding hydrogens is 407 g/mol.